The predicted octanol–water partition coefficient (Wildman–Crippen LogP) is 1.45. The van der Waals surface area contributed by atoms with Gasteiger partial charge in [0.15, 0.2) is 5.82 Å². The van der Waals surface area contributed by atoms with E-state index in [1.165, 1.54) is 6.42 Å². The number of hydrogen-bond donors (Lipinski definition) is 1. The molecular weight excluding hydrogens is 240 g/mol. The number of aromatic nitrogens is 3. The maximum atomic E-state index is 12.2. The van der Waals surface area contributed by atoms with E-state index < -0.39 is 0 Å². The molecule has 0 radical (unpaired) electrons. The summed E-state index contributed by atoms with van der Waals surface area (Å²) in [6.45, 7) is 3.01. The summed E-state index contributed by atoms with van der Waals surface area (Å²) >= 11 is 0. The summed E-state index contributed by atoms with van der Waals surface area (Å²) in [5.41, 5.74) is 0. The fourth-order valence-corrected chi connectivity index (χ4v) is 3.82. The van der Waals surface area contributed by atoms with E-state index in [2.05, 4.69) is 20.1 Å². The zero-order chi connectivity index (χ0) is 13.0. The second-order valence-corrected chi connectivity index (χ2v) is 6.38. The van der Waals surface area contributed by atoms with Crippen LogP contribution in [-0.2, 0) is 17.8 Å². The van der Waals surface area contributed by atoms with Crippen LogP contribution in [0.1, 0.15) is 50.3 Å². The number of fused-ring (bicyclic) bond motifs is 2. The van der Waals surface area contributed by atoms with E-state index in [1.54, 1.807) is 0 Å². The molecule has 1 amide bonds. The van der Waals surface area contributed by atoms with Crippen molar-refractivity contribution in [1.82, 2.24) is 20.1 Å². The Bertz CT molecular complexity index is 514. The molecule has 3 atom stereocenters. The lowest BCUT2D eigenvalue weighted by Crippen LogP contribution is -2.33. The predicted molar refractivity (Wildman–Crippen MR) is 69.2 cm³/mol. The number of carbonyl (C=O) groups is 1. The van der Waals surface area contributed by atoms with Gasteiger partial charge in [0.2, 0.25) is 5.91 Å². The summed E-state index contributed by atoms with van der Waals surface area (Å²) in [6, 6.07) is -0.0243. The normalized spacial score (nSPS) is 32.8. The van der Waals surface area contributed by atoms with E-state index in [-0.39, 0.29) is 17.9 Å². The molecule has 0 bridgehead atoms. The number of amides is 1. The summed E-state index contributed by atoms with van der Waals surface area (Å²) in [6.07, 6.45) is 5.71. The minimum absolute atomic E-state index is 0.0243. The van der Waals surface area contributed by atoms with Crippen molar-refractivity contribution < 1.29 is 4.79 Å². The highest BCUT2D eigenvalue weighted by molar-refractivity contribution is 5.79. The third kappa shape index (κ3) is 1.86. The van der Waals surface area contributed by atoms with Gasteiger partial charge < -0.3 is 9.88 Å². The molecule has 2 heterocycles. The van der Waals surface area contributed by atoms with Gasteiger partial charge in [-0.3, -0.25) is 4.79 Å². The summed E-state index contributed by atoms with van der Waals surface area (Å²) in [7, 11) is 0. The summed E-state index contributed by atoms with van der Waals surface area (Å²) in [4.78, 5) is 12.2. The van der Waals surface area contributed by atoms with Crippen LogP contribution < -0.4 is 5.32 Å². The van der Waals surface area contributed by atoms with Crippen molar-refractivity contribution in [1.29, 1.82) is 0 Å². The molecule has 0 aromatic carbocycles. The first-order valence-corrected chi connectivity index (χ1v) is 7.44. The van der Waals surface area contributed by atoms with Gasteiger partial charge in [0.05, 0.1) is 6.04 Å². The smallest absolute Gasteiger partial charge is 0.223 e. The highest BCUT2D eigenvalue weighted by Gasteiger charge is 2.48. The van der Waals surface area contributed by atoms with Crippen LogP contribution in [0.3, 0.4) is 0 Å². The van der Waals surface area contributed by atoms with E-state index >= 15 is 0 Å². The van der Waals surface area contributed by atoms with Gasteiger partial charge in [-0.05, 0) is 44.4 Å². The first kappa shape index (κ1) is 11.4. The van der Waals surface area contributed by atoms with Gasteiger partial charge in [0, 0.05) is 18.9 Å². The Kier molecular flexibility index (Phi) is 2.44. The number of aryl methyl sites for hydroxylation is 1. The second-order valence-electron chi connectivity index (χ2n) is 6.38. The fourth-order valence-electron chi connectivity index (χ4n) is 3.82. The van der Waals surface area contributed by atoms with Gasteiger partial charge in [0.1, 0.15) is 5.82 Å². The SMILES string of the molecule is CC(NC(=O)C1CC2CC2C1)c1nnc2n1CCC2. The Morgan fingerprint density at radius 3 is 2.89 bits per heavy atom. The average molecular weight is 260 g/mol. The van der Waals surface area contributed by atoms with Crippen molar-refractivity contribution in [3.05, 3.63) is 11.6 Å². The maximum Gasteiger partial charge on any atom is 0.223 e. The molecule has 102 valence electrons. The maximum absolute atomic E-state index is 12.2. The van der Waals surface area contributed by atoms with Crippen LogP contribution in [-0.4, -0.2) is 20.7 Å². The number of nitrogens with one attached hydrogen (secondary N) is 1. The Morgan fingerprint density at radius 2 is 2.11 bits per heavy atom. The van der Waals surface area contributed by atoms with Gasteiger partial charge in [-0.25, -0.2) is 0 Å². The molecule has 5 nitrogen and oxygen atoms in total. The van der Waals surface area contributed by atoms with Gasteiger partial charge >= 0.3 is 0 Å². The van der Waals surface area contributed by atoms with E-state index in [0.29, 0.717) is 0 Å². The molecule has 2 saturated carbocycles. The van der Waals surface area contributed by atoms with Gasteiger partial charge in [0.25, 0.3) is 0 Å². The molecule has 19 heavy (non-hydrogen) atoms. The molecule has 0 saturated heterocycles. The lowest BCUT2D eigenvalue weighted by molar-refractivity contribution is -0.125. The minimum Gasteiger partial charge on any atom is -0.346 e. The Hall–Kier alpha value is -1.39. The minimum atomic E-state index is -0.0243. The molecule has 1 aromatic heterocycles. The zero-order valence-electron chi connectivity index (χ0n) is 11.3. The van der Waals surface area contributed by atoms with Crippen LogP contribution >= 0.6 is 0 Å². The van der Waals surface area contributed by atoms with Crippen LogP contribution in [0.15, 0.2) is 0 Å². The monoisotopic (exact) mass is 260 g/mol. The molecule has 1 aliphatic heterocycles. The van der Waals surface area contributed by atoms with Crippen LogP contribution in [0, 0.1) is 17.8 Å². The quantitative estimate of drug-likeness (QED) is 0.894. The molecule has 2 fully saturated rings. The van der Waals surface area contributed by atoms with Crippen LogP contribution in [0.5, 0.6) is 0 Å². The van der Waals surface area contributed by atoms with Crippen molar-refractivity contribution in [3.8, 4) is 0 Å². The average Bonchev–Trinajstić information content (AvgIpc) is 2.82. The standard InChI is InChI=1S/C14H20N4O/c1-8(13-17-16-12-3-2-4-18(12)13)15-14(19)11-6-9-5-10(9)7-11/h8-11H,2-7H2,1H3,(H,15,19). The largest absolute Gasteiger partial charge is 0.346 e. The topological polar surface area (TPSA) is 59.8 Å². The van der Waals surface area contributed by atoms with Gasteiger partial charge in [-0.1, -0.05) is 0 Å². The Labute approximate surface area is 112 Å². The van der Waals surface area contributed by atoms with E-state index in [4.69, 9.17) is 0 Å². The number of carbonyl (C=O) groups excluding carboxylic acids is 1. The first-order chi connectivity index (χ1) is 9.22. The molecule has 4 rings (SSSR count). The van der Waals surface area contributed by atoms with Gasteiger partial charge in [-0.2, -0.15) is 0 Å². The first-order valence-electron chi connectivity index (χ1n) is 7.44. The van der Waals surface area contributed by atoms with E-state index in [1.807, 2.05) is 6.92 Å². The molecule has 1 aromatic rings. The summed E-state index contributed by atoms with van der Waals surface area (Å²) < 4.78 is 2.16. The van der Waals surface area contributed by atoms with Crippen LogP contribution in [0.2, 0.25) is 0 Å². The summed E-state index contributed by atoms with van der Waals surface area (Å²) in [5, 5.41) is 11.6. The highest BCUT2D eigenvalue weighted by atomic mass is 16.2. The molecular formula is C14H20N4O. The fraction of sp³-hybridized carbons (Fsp3) is 0.786. The number of rotatable bonds is 3. The second kappa shape index (κ2) is 4.05. The molecule has 3 unspecified atom stereocenters. The molecule has 5 heteroatoms. The van der Waals surface area contributed by atoms with Gasteiger partial charge in [-0.15, -0.1) is 10.2 Å². The van der Waals surface area contributed by atoms with Crippen LogP contribution in [0.4, 0.5) is 0 Å². The zero-order valence-corrected chi connectivity index (χ0v) is 11.3. The highest BCUT2D eigenvalue weighted by Crippen LogP contribution is 2.54. The molecule has 2 aliphatic carbocycles. The lowest BCUT2D eigenvalue weighted by atomic mass is 10.0. The van der Waals surface area contributed by atoms with Crippen molar-refractivity contribution >= 4 is 5.91 Å². The molecule has 3 aliphatic rings. The molecule has 0 spiro atoms. The van der Waals surface area contributed by atoms with E-state index in [0.717, 1.165) is 55.7 Å². The van der Waals surface area contributed by atoms with Crippen molar-refractivity contribution in [2.45, 2.75) is 51.6 Å². The summed E-state index contributed by atoms with van der Waals surface area (Å²) in [5.74, 6) is 4.15. The van der Waals surface area contributed by atoms with Crippen molar-refractivity contribution in [3.63, 3.8) is 0 Å². The molecule has 1 N–H and O–H groups in total. The number of nitrogens with zero attached hydrogens (tertiary/aromatic N) is 3. The lowest BCUT2D eigenvalue weighted by Gasteiger charge is -2.17. The third-order valence-corrected chi connectivity index (χ3v) is 5.00. The van der Waals surface area contributed by atoms with Crippen molar-refractivity contribution in [2.75, 3.05) is 0 Å². The van der Waals surface area contributed by atoms with Crippen molar-refractivity contribution in [2.24, 2.45) is 17.8 Å². The Morgan fingerprint density at radius 1 is 1.32 bits per heavy atom. The third-order valence-electron chi connectivity index (χ3n) is 5.00. The number of hydrogen-bond acceptors (Lipinski definition) is 3. The van der Waals surface area contributed by atoms with E-state index in [9.17, 15) is 4.79 Å². The van der Waals surface area contributed by atoms with Crippen LogP contribution in [0.25, 0.3) is 0 Å². The Balaban J connectivity index is 1.43.